The number of carboxylic acid groups (broad SMARTS) is 1. The number of nitrogens with zero attached hydrogens (tertiary/aromatic N) is 1. The van der Waals surface area contributed by atoms with Gasteiger partial charge in [-0.25, -0.2) is 0 Å². The van der Waals surface area contributed by atoms with Gasteiger partial charge >= 0.3 is 5.97 Å². The van der Waals surface area contributed by atoms with Crippen LogP contribution in [0.5, 0.6) is 0 Å². The first-order valence-corrected chi connectivity index (χ1v) is 5.64. The molecule has 0 fully saturated rings. The smallest absolute Gasteiger partial charge is 0.303 e. The summed E-state index contributed by atoms with van der Waals surface area (Å²) in [6.07, 6.45) is 5.07. The minimum atomic E-state index is -0.704. The SMILES string of the molecule is C=CCCCN(CCCC(=O)O)C(C)C. The first-order valence-electron chi connectivity index (χ1n) is 5.64. The van der Waals surface area contributed by atoms with E-state index in [9.17, 15) is 4.79 Å². The zero-order valence-corrected chi connectivity index (χ0v) is 9.91. The van der Waals surface area contributed by atoms with Gasteiger partial charge in [-0.15, -0.1) is 6.58 Å². The maximum absolute atomic E-state index is 10.4. The quantitative estimate of drug-likeness (QED) is 0.472. The highest BCUT2D eigenvalue weighted by Gasteiger charge is 2.08. The molecular formula is C12H23NO2. The van der Waals surface area contributed by atoms with Gasteiger partial charge in [-0.3, -0.25) is 4.79 Å². The second-order valence-corrected chi connectivity index (χ2v) is 4.06. The third-order valence-electron chi connectivity index (χ3n) is 2.42. The van der Waals surface area contributed by atoms with Gasteiger partial charge in [-0.2, -0.15) is 0 Å². The van der Waals surface area contributed by atoms with E-state index in [2.05, 4.69) is 25.3 Å². The second kappa shape index (κ2) is 8.48. The lowest BCUT2D eigenvalue weighted by atomic mass is 10.2. The summed E-state index contributed by atoms with van der Waals surface area (Å²) in [5.41, 5.74) is 0. The molecule has 0 aliphatic rings. The van der Waals surface area contributed by atoms with Crippen molar-refractivity contribution in [1.82, 2.24) is 4.90 Å². The van der Waals surface area contributed by atoms with Gasteiger partial charge in [0.25, 0.3) is 0 Å². The number of hydrogen-bond acceptors (Lipinski definition) is 2. The van der Waals surface area contributed by atoms with Crippen molar-refractivity contribution in [1.29, 1.82) is 0 Å². The summed E-state index contributed by atoms with van der Waals surface area (Å²) in [4.78, 5) is 12.7. The topological polar surface area (TPSA) is 40.5 Å². The highest BCUT2D eigenvalue weighted by atomic mass is 16.4. The fourth-order valence-corrected chi connectivity index (χ4v) is 1.50. The first kappa shape index (κ1) is 14.2. The molecule has 0 bridgehead atoms. The van der Waals surface area contributed by atoms with Crippen LogP contribution < -0.4 is 0 Å². The minimum absolute atomic E-state index is 0.269. The molecule has 0 radical (unpaired) electrons. The summed E-state index contributed by atoms with van der Waals surface area (Å²) in [6.45, 7) is 9.89. The van der Waals surface area contributed by atoms with Gasteiger partial charge in [0.05, 0.1) is 0 Å². The molecule has 3 heteroatoms. The van der Waals surface area contributed by atoms with Crippen molar-refractivity contribution in [3.05, 3.63) is 12.7 Å². The molecule has 0 aromatic heterocycles. The van der Waals surface area contributed by atoms with E-state index in [0.29, 0.717) is 6.04 Å². The van der Waals surface area contributed by atoms with Crippen molar-refractivity contribution in [2.75, 3.05) is 13.1 Å². The van der Waals surface area contributed by atoms with E-state index < -0.39 is 5.97 Å². The lowest BCUT2D eigenvalue weighted by Crippen LogP contribution is -2.33. The summed E-state index contributed by atoms with van der Waals surface area (Å²) in [5, 5.41) is 8.55. The fourth-order valence-electron chi connectivity index (χ4n) is 1.50. The number of rotatable bonds is 9. The summed E-state index contributed by atoms with van der Waals surface area (Å²) >= 11 is 0. The van der Waals surface area contributed by atoms with Crippen molar-refractivity contribution in [3.63, 3.8) is 0 Å². The molecule has 0 aromatic carbocycles. The predicted octanol–water partition coefficient (Wildman–Crippen LogP) is 2.53. The van der Waals surface area contributed by atoms with Crippen LogP contribution >= 0.6 is 0 Å². The Hall–Kier alpha value is -0.830. The van der Waals surface area contributed by atoms with Crippen LogP contribution in [-0.4, -0.2) is 35.1 Å². The van der Waals surface area contributed by atoms with E-state index in [-0.39, 0.29) is 6.42 Å². The Morgan fingerprint density at radius 2 is 2.00 bits per heavy atom. The summed E-state index contributed by atoms with van der Waals surface area (Å²) < 4.78 is 0. The normalized spacial score (nSPS) is 10.9. The van der Waals surface area contributed by atoms with Crippen LogP contribution in [0.3, 0.4) is 0 Å². The largest absolute Gasteiger partial charge is 0.481 e. The van der Waals surface area contributed by atoms with Crippen molar-refractivity contribution in [2.45, 2.75) is 45.6 Å². The number of hydrogen-bond donors (Lipinski definition) is 1. The van der Waals surface area contributed by atoms with Crippen LogP contribution in [0, 0.1) is 0 Å². The molecule has 88 valence electrons. The van der Waals surface area contributed by atoms with Crippen molar-refractivity contribution >= 4 is 5.97 Å². The van der Waals surface area contributed by atoms with Crippen LogP contribution in [0.1, 0.15) is 39.5 Å². The zero-order valence-electron chi connectivity index (χ0n) is 9.91. The van der Waals surface area contributed by atoms with E-state index in [4.69, 9.17) is 5.11 Å². The molecule has 0 amide bonds. The van der Waals surface area contributed by atoms with E-state index in [1.54, 1.807) is 0 Å². The molecule has 0 unspecified atom stereocenters. The molecule has 0 saturated carbocycles. The van der Waals surface area contributed by atoms with Crippen molar-refractivity contribution in [2.24, 2.45) is 0 Å². The third kappa shape index (κ3) is 8.18. The summed E-state index contributed by atoms with van der Waals surface area (Å²) in [6, 6.07) is 0.489. The molecule has 15 heavy (non-hydrogen) atoms. The first-order chi connectivity index (χ1) is 7.07. The van der Waals surface area contributed by atoms with Crippen LogP contribution in [0.4, 0.5) is 0 Å². The molecule has 0 atom stereocenters. The Morgan fingerprint density at radius 1 is 1.40 bits per heavy atom. The van der Waals surface area contributed by atoms with Gasteiger partial charge in [0.1, 0.15) is 0 Å². The third-order valence-corrected chi connectivity index (χ3v) is 2.42. The number of carbonyl (C=O) groups is 1. The zero-order chi connectivity index (χ0) is 11.7. The molecule has 0 heterocycles. The maximum atomic E-state index is 10.4. The number of carboxylic acids is 1. The van der Waals surface area contributed by atoms with Gasteiger partial charge in [-0.1, -0.05) is 6.08 Å². The number of allylic oxidation sites excluding steroid dienone is 1. The number of aliphatic carboxylic acids is 1. The van der Waals surface area contributed by atoms with Crippen LogP contribution in [-0.2, 0) is 4.79 Å². The fraction of sp³-hybridized carbons (Fsp3) is 0.750. The molecule has 0 saturated heterocycles. The Morgan fingerprint density at radius 3 is 2.47 bits per heavy atom. The van der Waals surface area contributed by atoms with Gasteiger partial charge < -0.3 is 10.0 Å². The van der Waals surface area contributed by atoms with E-state index in [1.165, 1.54) is 0 Å². The highest BCUT2D eigenvalue weighted by Crippen LogP contribution is 2.04. The monoisotopic (exact) mass is 213 g/mol. The van der Waals surface area contributed by atoms with E-state index in [1.807, 2.05) is 6.08 Å². The average Bonchev–Trinajstić information content (AvgIpc) is 2.15. The van der Waals surface area contributed by atoms with Crippen molar-refractivity contribution < 1.29 is 9.90 Å². The van der Waals surface area contributed by atoms with Crippen molar-refractivity contribution in [3.8, 4) is 0 Å². The average molecular weight is 213 g/mol. The van der Waals surface area contributed by atoms with Crippen LogP contribution in [0.2, 0.25) is 0 Å². The standard InChI is InChI=1S/C12H23NO2/c1-4-5-6-9-13(11(2)3)10-7-8-12(14)15/h4,11H,1,5-10H2,2-3H3,(H,14,15). The molecule has 0 aliphatic carbocycles. The Bertz CT molecular complexity index is 190. The van der Waals surface area contributed by atoms with Gasteiger partial charge in [-0.05, 0) is 46.2 Å². The number of unbranched alkanes of at least 4 members (excludes halogenated alkanes) is 1. The minimum Gasteiger partial charge on any atom is -0.481 e. The van der Waals surface area contributed by atoms with Crippen LogP contribution in [0.15, 0.2) is 12.7 Å². The molecule has 0 aromatic rings. The Balaban J connectivity index is 3.72. The van der Waals surface area contributed by atoms with Gasteiger partial charge in [0, 0.05) is 12.5 Å². The van der Waals surface area contributed by atoms with Gasteiger partial charge in [0.2, 0.25) is 0 Å². The van der Waals surface area contributed by atoms with E-state index in [0.717, 1.165) is 32.4 Å². The molecular weight excluding hydrogens is 190 g/mol. The molecule has 1 N–H and O–H groups in total. The predicted molar refractivity (Wildman–Crippen MR) is 63.0 cm³/mol. The maximum Gasteiger partial charge on any atom is 0.303 e. The Labute approximate surface area is 92.8 Å². The van der Waals surface area contributed by atoms with Crippen LogP contribution in [0.25, 0.3) is 0 Å². The van der Waals surface area contributed by atoms with E-state index >= 15 is 0 Å². The van der Waals surface area contributed by atoms with Gasteiger partial charge in [0.15, 0.2) is 0 Å². The lowest BCUT2D eigenvalue weighted by molar-refractivity contribution is -0.137. The second-order valence-electron chi connectivity index (χ2n) is 4.06. The molecule has 0 aliphatic heterocycles. The summed E-state index contributed by atoms with van der Waals surface area (Å²) in [5.74, 6) is -0.704. The molecule has 0 rings (SSSR count). The lowest BCUT2D eigenvalue weighted by Gasteiger charge is -2.25. The molecule has 0 spiro atoms. The molecule has 3 nitrogen and oxygen atoms in total. The Kier molecular flexibility index (Phi) is 8.01. The highest BCUT2D eigenvalue weighted by molar-refractivity contribution is 5.66. The summed E-state index contributed by atoms with van der Waals surface area (Å²) in [7, 11) is 0.